The summed E-state index contributed by atoms with van der Waals surface area (Å²) in [4.78, 5) is 12.7. The van der Waals surface area contributed by atoms with E-state index in [1.54, 1.807) is 0 Å². The zero-order chi connectivity index (χ0) is 14.1. The standard InChI is InChI=1S/C8H12F3NO.2C2H6/c1-12-4-2-6(3-5-12)7(13)8(9,10)11;2*1-2/h6H,2-5H2,1H3;2*1-2H3. The summed E-state index contributed by atoms with van der Waals surface area (Å²) in [6.07, 6.45) is -4.00. The maximum Gasteiger partial charge on any atom is 0.450 e. The van der Waals surface area contributed by atoms with Gasteiger partial charge in [0.1, 0.15) is 0 Å². The lowest BCUT2D eigenvalue weighted by Gasteiger charge is -2.28. The van der Waals surface area contributed by atoms with Crippen molar-refractivity contribution in [2.75, 3.05) is 20.1 Å². The smallest absolute Gasteiger partial charge is 0.306 e. The number of rotatable bonds is 1. The van der Waals surface area contributed by atoms with Crippen LogP contribution in [0.3, 0.4) is 0 Å². The lowest BCUT2D eigenvalue weighted by molar-refractivity contribution is -0.176. The molecular weight excluding hydrogens is 231 g/mol. The first-order valence-electron chi connectivity index (χ1n) is 6.21. The second-order valence-corrected chi connectivity index (χ2v) is 3.44. The molecule has 0 unspecified atom stereocenters. The topological polar surface area (TPSA) is 20.3 Å². The fourth-order valence-electron chi connectivity index (χ4n) is 1.50. The summed E-state index contributed by atoms with van der Waals surface area (Å²) in [5, 5.41) is 0. The summed E-state index contributed by atoms with van der Waals surface area (Å²) in [5.41, 5.74) is 0. The molecule has 1 rings (SSSR count). The van der Waals surface area contributed by atoms with Gasteiger partial charge in [-0.05, 0) is 33.0 Å². The lowest BCUT2D eigenvalue weighted by Crippen LogP contribution is -2.38. The first-order valence-corrected chi connectivity index (χ1v) is 6.21. The molecule has 0 radical (unpaired) electrons. The minimum atomic E-state index is -4.65. The molecule has 1 aliphatic heterocycles. The second kappa shape index (κ2) is 9.45. The Bertz CT molecular complexity index is 196. The Morgan fingerprint density at radius 1 is 1.06 bits per heavy atom. The zero-order valence-corrected chi connectivity index (χ0v) is 11.4. The van der Waals surface area contributed by atoms with Crippen molar-refractivity contribution in [3.05, 3.63) is 0 Å². The number of carbonyl (C=O) groups is 1. The molecule has 0 spiro atoms. The van der Waals surface area contributed by atoms with Gasteiger partial charge in [-0.15, -0.1) is 0 Å². The van der Waals surface area contributed by atoms with Gasteiger partial charge >= 0.3 is 6.18 Å². The molecule has 0 aromatic rings. The number of nitrogens with zero attached hydrogens (tertiary/aromatic N) is 1. The van der Waals surface area contributed by atoms with Crippen molar-refractivity contribution in [3.8, 4) is 0 Å². The summed E-state index contributed by atoms with van der Waals surface area (Å²) >= 11 is 0. The minimum absolute atomic E-state index is 0.328. The molecule has 1 heterocycles. The number of ketones is 1. The van der Waals surface area contributed by atoms with Gasteiger partial charge in [0, 0.05) is 5.92 Å². The molecule has 0 amide bonds. The van der Waals surface area contributed by atoms with Crippen LogP contribution in [-0.4, -0.2) is 37.0 Å². The van der Waals surface area contributed by atoms with Crippen LogP contribution in [0, 0.1) is 5.92 Å². The van der Waals surface area contributed by atoms with Gasteiger partial charge in [-0.1, -0.05) is 27.7 Å². The van der Waals surface area contributed by atoms with Crippen LogP contribution in [0.25, 0.3) is 0 Å². The van der Waals surface area contributed by atoms with Crippen molar-refractivity contribution in [2.45, 2.75) is 46.7 Å². The van der Waals surface area contributed by atoms with Crippen LogP contribution >= 0.6 is 0 Å². The molecule has 5 heteroatoms. The molecule has 0 aromatic carbocycles. The number of alkyl halides is 3. The number of hydrogen-bond acceptors (Lipinski definition) is 2. The van der Waals surface area contributed by atoms with Gasteiger partial charge in [0.2, 0.25) is 5.78 Å². The fourth-order valence-corrected chi connectivity index (χ4v) is 1.50. The molecule has 0 aliphatic carbocycles. The molecule has 0 atom stereocenters. The number of likely N-dealkylation sites (tertiary alicyclic amines) is 1. The average Bonchev–Trinajstić information content (AvgIpc) is 2.33. The van der Waals surface area contributed by atoms with E-state index in [1.165, 1.54) is 0 Å². The van der Waals surface area contributed by atoms with E-state index in [2.05, 4.69) is 0 Å². The monoisotopic (exact) mass is 255 g/mol. The third-order valence-corrected chi connectivity index (χ3v) is 2.37. The number of carbonyl (C=O) groups excluding carboxylic acids is 1. The van der Waals surface area contributed by atoms with E-state index in [4.69, 9.17) is 0 Å². The number of hydrogen-bond donors (Lipinski definition) is 0. The molecule has 104 valence electrons. The molecule has 0 saturated carbocycles. The molecule has 1 saturated heterocycles. The summed E-state index contributed by atoms with van der Waals surface area (Å²) in [7, 11) is 1.84. The zero-order valence-electron chi connectivity index (χ0n) is 11.4. The number of halogens is 3. The van der Waals surface area contributed by atoms with E-state index < -0.39 is 17.9 Å². The van der Waals surface area contributed by atoms with E-state index in [0.29, 0.717) is 25.9 Å². The molecule has 0 bridgehead atoms. The van der Waals surface area contributed by atoms with Crippen molar-refractivity contribution < 1.29 is 18.0 Å². The van der Waals surface area contributed by atoms with Crippen molar-refractivity contribution in [3.63, 3.8) is 0 Å². The minimum Gasteiger partial charge on any atom is -0.306 e. The highest BCUT2D eigenvalue weighted by atomic mass is 19.4. The highest BCUT2D eigenvalue weighted by Gasteiger charge is 2.43. The number of Topliss-reactive ketones (excluding diaryl/α,β-unsaturated/α-hetero) is 1. The highest BCUT2D eigenvalue weighted by molar-refractivity contribution is 5.86. The molecule has 2 nitrogen and oxygen atoms in total. The number of piperidine rings is 1. The van der Waals surface area contributed by atoms with Gasteiger partial charge in [0.25, 0.3) is 0 Å². The average molecular weight is 255 g/mol. The summed E-state index contributed by atoms with van der Waals surface area (Å²) in [6, 6.07) is 0. The normalized spacial score (nSPS) is 17.4. The van der Waals surface area contributed by atoms with Crippen LogP contribution in [0.5, 0.6) is 0 Å². The van der Waals surface area contributed by atoms with Crippen LogP contribution in [0.1, 0.15) is 40.5 Å². The molecule has 0 aromatic heterocycles. The van der Waals surface area contributed by atoms with Crippen molar-refractivity contribution in [1.29, 1.82) is 0 Å². The molecule has 0 N–H and O–H groups in total. The Morgan fingerprint density at radius 3 is 1.71 bits per heavy atom. The van der Waals surface area contributed by atoms with E-state index in [0.717, 1.165) is 0 Å². The molecule has 1 fully saturated rings. The molecule has 1 aliphatic rings. The third-order valence-electron chi connectivity index (χ3n) is 2.37. The van der Waals surface area contributed by atoms with Crippen molar-refractivity contribution in [1.82, 2.24) is 4.90 Å². The Labute approximate surface area is 102 Å². The van der Waals surface area contributed by atoms with Gasteiger partial charge in [-0.25, -0.2) is 0 Å². The van der Waals surface area contributed by atoms with E-state index in [9.17, 15) is 18.0 Å². The van der Waals surface area contributed by atoms with Crippen LogP contribution in [0.4, 0.5) is 13.2 Å². The molecule has 17 heavy (non-hydrogen) atoms. The fraction of sp³-hybridized carbons (Fsp3) is 0.917. The van der Waals surface area contributed by atoms with E-state index in [1.807, 2.05) is 39.6 Å². The Kier molecular flexibility index (Phi) is 10.4. The van der Waals surface area contributed by atoms with E-state index >= 15 is 0 Å². The van der Waals surface area contributed by atoms with E-state index in [-0.39, 0.29) is 0 Å². The maximum atomic E-state index is 12.0. The van der Waals surface area contributed by atoms with Crippen LogP contribution < -0.4 is 0 Å². The lowest BCUT2D eigenvalue weighted by atomic mass is 9.92. The predicted octanol–water partition coefficient (Wildman–Crippen LogP) is 3.51. The Balaban J connectivity index is 0. The van der Waals surface area contributed by atoms with Crippen molar-refractivity contribution in [2.24, 2.45) is 5.92 Å². The summed E-state index contributed by atoms with van der Waals surface area (Å²) < 4.78 is 35.9. The largest absolute Gasteiger partial charge is 0.450 e. The van der Waals surface area contributed by atoms with Crippen molar-refractivity contribution >= 4 is 5.78 Å². The maximum absolute atomic E-state index is 12.0. The van der Waals surface area contributed by atoms with Gasteiger partial charge in [-0.3, -0.25) is 4.79 Å². The highest BCUT2D eigenvalue weighted by Crippen LogP contribution is 2.27. The first kappa shape index (κ1) is 18.8. The van der Waals surface area contributed by atoms with Gasteiger partial charge < -0.3 is 4.90 Å². The van der Waals surface area contributed by atoms with Gasteiger partial charge in [0.05, 0.1) is 0 Å². The van der Waals surface area contributed by atoms with Crippen LogP contribution in [-0.2, 0) is 4.79 Å². The summed E-state index contributed by atoms with van der Waals surface area (Å²) in [5.74, 6) is -2.36. The van der Waals surface area contributed by atoms with Gasteiger partial charge in [-0.2, -0.15) is 13.2 Å². The second-order valence-electron chi connectivity index (χ2n) is 3.44. The van der Waals surface area contributed by atoms with Crippen LogP contribution in [0.15, 0.2) is 0 Å². The van der Waals surface area contributed by atoms with Gasteiger partial charge in [0.15, 0.2) is 0 Å². The first-order chi connectivity index (χ1) is 7.91. The molecular formula is C12H24F3NO. The third kappa shape index (κ3) is 7.36. The Morgan fingerprint density at radius 2 is 1.41 bits per heavy atom. The SMILES string of the molecule is CC.CC.CN1CCC(C(=O)C(F)(F)F)CC1. The predicted molar refractivity (Wildman–Crippen MR) is 64.0 cm³/mol. The quantitative estimate of drug-likeness (QED) is 0.714. The Hall–Kier alpha value is -0.580. The summed E-state index contributed by atoms with van der Waals surface area (Å²) in [6.45, 7) is 9.15. The van der Waals surface area contributed by atoms with Crippen LogP contribution in [0.2, 0.25) is 0 Å².